The van der Waals surface area contributed by atoms with E-state index in [0.717, 1.165) is 10.7 Å². The molecule has 0 aliphatic carbocycles. The van der Waals surface area contributed by atoms with Crippen molar-refractivity contribution in [3.8, 4) is 11.4 Å². The molecule has 162 valence electrons. The summed E-state index contributed by atoms with van der Waals surface area (Å²) in [6.07, 6.45) is -2.04. The summed E-state index contributed by atoms with van der Waals surface area (Å²) in [6.45, 7) is 1.03. The van der Waals surface area contributed by atoms with E-state index in [0.29, 0.717) is 42.9 Å². The molecule has 0 unspecified atom stereocenters. The van der Waals surface area contributed by atoms with Crippen molar-refractivity contribution in [3.05, 3.63) is 77.9 Å². The lowest BCUT2D eigenvalue weighted by molar-refractivity contribution is -0.141. The van der Waals surface area contributed by atoms with Crippen LogP contribution in [-0.4, -0.2) is 39.8 Å². The largest absolute Gasteiger partial charge is 0.490 e. The lowest BCUT2D eigenvalue weighted by atomic mass is 10.1. The van der Waals surface area contributed by atoms with Gasteiger partial charge in [-0.25, -0.2) is 9.07 Å². The van der Waals surface area contributed by atoms with Gasteiger partial charge in [0.05, 0.1) is 5.69 Å². The number of hydrogen-bond donors (Lipinski definition) is 0. The Kier molecular flexibility index (Phi) is 5.67. The molecule has 0 saturated carbocycles. The molecule has 0 N–H and O–H groups in total. The van der Waals surface area contributed by atoms with Crippen LogP contribution in [0.25, 0.3) is 5.69 Å². The maximum atomic E-state index is 13.0. The highest BCUT2D eigenvalue weighted by Gasteiger charge is 2.33. The molecule has 2 aromatic carbocycles. The first-order valence-corrected chi connectivity index (χ1v) is 9.74. The van der Waals surface area contributed by atoms with Crippen LogP contribution in [0.4, 0.5) is 17.6 Å². The van der Waals surface area contributed by atoms with Crippen molar-refractivity contribution in [1.29, 1.82) is 0 Å². The molecular weight excluding hydrogens is 414 g/mol. The topological polar surface area (TPSA) is 47.4 Å². The number of ether oxygens (including phenoxy) is 1. The van der Waals surface area contributed by atoms with E-state index >= 15 is 0 Å². The smallest absolute Gasteiger partial charge is 0.435 e. The van der Waals surface area contributed by atoms with Gasteiger partial charge < -0.3 is 9.64 Å². The van der Waals surface area contributed by atoms with Crippen molar-refractivity contribution in [1.82, 2.24) is 14.7 Å². The van der Waals surface area contributed by atoms with Gasteiger partial charge >= 0.3 is 6.18 Å². The van der Waals surface area contributed by atoms with Gasteiger partial charge in [0, 0.05) is 37.7 Å². The highest BCUT2D eigenvalue weighted by molar-refractivity contribution is 5.94. The zero-order valence-electron chi connectivity index (χ0n) is 16.3. The van der Waals surface area contributed by atoms with Crippen molar-refractivity contribution in [3.63, 3.8) is 0 Å². The molecule has 31 heavy (non-hydrogen) atoms. The van der Waals surface area contributed by atoms with Crippen LogP contribution >= 0.6 is 0 Å². The van der Waals surface area contributed by atoms with Crippen LogP contribution in [0.3, 0.4) is 0 Å². The molecule has 5 nitrogen and oxygen atoms in total. The summed E-state index contributed by atoms with van der Waals surface area (Å²) < 4.78 is 58.1. The summed E-state index contributed by atoms with van der Waals surface area (Å²) in [4.78, 5) is 14.5. The standard InChI is InChI=1S/C22H19F4N3O2/c23-16-3-7-18(8-4-16)31-19-9-12-28(13-10-19)21(30)15-1-5-17(6-2-15)29-14-11-20(27-29)22(24,25)26/h1-8,11,14,19H,9-10,12-13H2. The minimum Gasteiger partial charge on any atom is -0.490 e. The SMILES string of the molecule is O=C(c1ccc(-n2ccc(C(F)(F)F)n2)cc1)N1CCC(Oc2ccc(F)cc2)CC1. The van der Waals surface area contributed by atoms with Crippen molar-refractivity contribution >= 4 is 5.91 Å². The van der Waals surface area contributed by atoms with Gasteiger partial charge in [0.15, 0.2) is 5.69 Å². The van der Waals surface area contributed by atoms with Gasteiger partial charge in [-0.15, -0.1) is 0 Å². The van der Waals surface area contributed by atoms with Gasteiger partial charge in [-0.05, 0) is 54.6 Å². The van der Waals surface area contributed by atoms with Crippen LogP contribution < -0.4 is 4.74 Å². The summed E-state index contributed by atoms with van der Waals surface area (Å²) in [5, 5.41) is 3.53. The van der Waals surface area contributed by atoms with Crippen LogP contribution in [0.2, 0.25) is 0 Å². The lowest BCUT2D eigenvalue weighted by Crippen LogP contribution is -2.41. The first kappa shape index (κ1) is 20.9. The highest BCUT2D eigenvalue weighted by atomic mass is 19.4. The second-order valence-corrected chi connectivity index (χ2v) is 7.25. The molecule has 1 aromatic heterocycles. The Morgan fingerprint density at radius 1 is 0.968 bits per heavy atom. The van der Waals surface area contributed by atoms with Gasteiger partial charge in [-0.1, -0.05) is 0 Å². The van der Waals surface area contributed by atoms with E-state index in [1.165, 1.54) is 18.3 Å². The molecule has 0 atom stereocenters. The van der Waals surface area contributed by atoms with Gasteiger partial charge in [0.1, 0.15) is 17.7 Å². The molecule has 1 aliphatic rings. The molecule has 1 aliphatic heterocycles. The maximum Gasteiger partial charge on any atom is 0.435 e. The number of halogens is 4. The Balaban J connectivity index is 1.34. The Labute approximate surface area is 175 Å². The second-order valence-electron chi connectivity index (χ2n) is 7.25. The Morgan fingerprint density at radius 3 is 2.19 bits per heavy atom. The number of carbonyl (C=O) groups excluding carboxylic acids is 1. The van der Waals surface area contributed by atoms with Crippen molar-refractivity contribution in [2.45, 2.75) is 25.1 Å². The molecule has 9 heteroatoms. The van der Waals surface area contributed by atoms with Crippen LogP contribution in [0.15, 0.2) is 60.8 Å². The molecule has 3 aromatic rings. The summed E-state index contributed by atoms with van der Waals surface area (Å²) in [5.74, 6) is 0.115. The number of piperidine rings is 1. The molecule has 0 radical (unpaired) electrons. The van der Waals surface area contributed by atoms with Crippen LogP contribution in [0.1, 0.15) is 28.9 Å². The fourth-order valence-electron chi connectivity index (χ4n) is 3.44. The number of likely N-dealkylation sites (tertiary alicyclic amines) is 1. The second kappa shape index (κ2) is 8.41. The summed E-state index contributed by atoms with van der Waals surface area (Å²) in [6, 6.07) is 13.0. The number of nitrogens with zero attached hydrogens (tertiary/aromatic N) is 3. The number of aromatic nitrogens is 2. The predicted molar refractivity (Wildman–Crippen MR) is 105 cm³/mol. The first-order valence-electron chi connectivity index (χ1n) is 9.74. The van der Waals surface area contributed by atoms with E-state index in [4.69, 9.17) is 4.74 Å². The number of amides is 1. The van der Waals surface area contributed by atoms with E-state index in [1.807, 2.05) is 0 Å². The minimum atomic E-state index is -4.51. The predicted octanol–water partition coefficient (Wildman–Crippen LogP) is 4.71. The van der Waals surface area contributed by atoms with E-state index < -0.39 is 11.9 Å². The third kappa shape index (κ3) is 4.87. The number of benzene rings is 2. The van der Waals surface area contributed by atoms with Gasteiger partial charge in [-0.2, -0.15) is 18.3 Å². The minimum absolute atomic E-state index is 0.0560. The van der Waals surface area contributed by atoms with Gasteiger partial charge in [0.25, 0.3) is 5.91 Å². The highest BCUT2D eigenvalue weighted by Crippen LogP contribution is 2.28. The fraction of sp³-hybridized carbons (Fsp3) is 0.273. The Bertz CT molecular complexity index is 1040. The summed E-state index contributed by atoms with van der Waals surface area (Å²) in [5.41, 5.74) is -0.0957. The fourth-order valence-corrected chi connectivity index (χ4v) is 3.44. The lowest BCUT2D eigenvalue weighted by Gasteiger charge is -2.32. The maximum absolute atomic E-state index is 13.0. The normalized spacial score (nSPS) is 15.2. The number of hydrogen-bond acceptors (Lipinski definition) is 3. The van der Waals surface area contributed by atoms with Crippen LogP contribution in [0.5, 0.6) is 5.75 Å². The third-order valence-electron chi connectivity index (χ3n) is 5.10. The van der Waals surface area contributed by atoms with E-state index in [2.05, 4.69) is 5.10 Å². The van der Waals surface area contributed by atoms with E-state index in [-0.39, 0.29) is 17.8 Å². The van der Waals surface area contributed by atoms with E-state index in [9.17, 15) is 22.4 Å². The summed E-state index contributed by atoms with van der Waals surface area (Å²) >= 11 is 0. The molecule has 0 spiro atoms. The average molecular weight is 433 g/mol. The van der Waals surface area contributed by atoms with Crippen molar-refractivity contribution in [2.24, 2.45) is 0 Å². The summed E-state index contributed by atoms with van der Waals surface area (Å²) in [7, 11) is 0. The average Bonchev–Trinajstić information content (AvgIpc) is 3.27. The molecule has 1 saturated heterocycles. The quantitative estimate of drug-likeness (QED) is 0.560. The molecule has 1 amide bonds. The van der Waals surface area contributed by atoms with Crippen LogP contribution in [-0.2, 0) is 6.18 Å². The van der Waals surface area contributed by atoms with E-state index in [1.54, 1.807) is 41.3 Å². The number of rotatable bonds is 4. The molecule has 2 heterocycles. The third-order valence-corrected chi connectivity index (χ3v) is 5.10. The molecule has 1 fully saturated rings. The Morgan fingerprint density at radius 2 is 1.61 bits per heavy atom. The molecule has 0 bridgehead atoms. The molecular formula is C22H19F4N3O2. The van der Waals surface area contributed by atoms with Gasteiger partial charge in [-0.3, -0.25) is 4.79 Å². The zero-order valence-corrected chi connectivity index (χ0v) is 16.3. The number of alkyl halides is 3. The zero-order chi connectivity index (χ0) is 22.0. The van der Waals surface area contributed by atoms with Crippen LogP contribution in [0, 0.1) is 5.82 Å². The van der Waals surface area contributed by atoms with Crippen molar-refractivity contribution < 1.29 is 27.1 Å². The van der Waals surface area contributed by atoms with Crippen molar-refractivity contribution in [2.75, 3.05) is 13.1 Å². The van der Waals surface area contributed by atoms with Gasteiger partial charge in [0.2, 0.25) is 0 Å². The first-order chi connectivity index (χ1) is 14.8. The molecule has 4 rings (SSSR count). The Hall–Kier alpha value is -3.36. The monoisotopic (exact) mass is 433 g/mol. The number of carbonyl (C=O) groups is 1.